The van der Waals surface area contributed by atoms with E-state index in [9.17, 15) is 0 Å². The minimum absolute atomic E-state index is 0.702. The van der Waals surface area contributed by atoms with E-state index >= 15 is 0 Å². The fourth-order valence-corrected chi connectivity index (χ4v) is 2.72. The number of nitrogens with zero attached hydrogens (tertiary/aromatic N) is 4. The van der Waals surface area contributed by atoms with Crippen LogP contribution in [0.15, 0.2) is 67.4 Å². The number of pyridine rings is 1. The van der Waals surface area contributed by atoms with Crippen LogP contribution >= 0.6 is 11.6 Å². The highest BCUT2D eigenvalue weighted by atomic mass is 35.5. The van der Waals surface area contributed by atoms with Gasteiger partial charge in [-0.15, -0.1) is 0 Å². The van der Waals surface area contributed by atoms with E-state index in [1.807, 2.05) is 42.5 Å². The maximum absolute atomic E-state index is 6.14. The number of aromatic nitrogens is 4. The molecule has 0 unspecified atom stereocenters. The van der Waals surface area contributed by atoms with Gasteiger partial charge in [0.25, 0.3) is 0 Å². The minimum atomic E-state index is 0.702. The van der Waals surface area contributed by atoms with Gasteiger partial charge in [0.15, 0.2) is 0 Å². The number of rotatable bonds is 2. The predicted molar refractivity (Wildman–Crippen MR) is 87.1 cm³/mol. The van der Waals surface area contributed by atoms with Gasteiger partial charge in [-0.3, -0.25) is 4.98 Å². The standard InChI is InChI=1S/C17H11ClN4/c18-14-5-1-3-12(7-14)16-9-15(22-11-19-10-21-22)8-13-4-2-6-20-17(13)16/h1-11H. The van der Waals surface area contributed by atoms with Gasteiger partial charge in [-0.2, -0.15) is 5.10 Å². The van der Waals surface area contributed by atoms with Crippen molar-refractivity contribution in [1.29, 1.82) is 0 Å². The Labute approximate surface area is 132 Å². The third-order valence-electron chi connectivity index (χ3n) is 3.51. The zero-order chi connectivity index (χ0) is 14.9. The molecule has 0 aliphatic rings. The third kappa shape index (κ3) is 2.23. The van der Waals surface area contributed by atoms with Crippen LogP contribution in [0, 0.1) is 0 Å². The molecule has 0 radical (unpaired) electrons. The molecule has 0 bridgehead atoms. The van der Waals surface area contributed by atoms with Crippen LogP contribution in [-0.4, -0.2) is 19.7 Å². The third-order valence-corrected chi connectivity index (χ3v) is 3.74. The van der Waals surface area contributed by atoms with Crippen molar-refractivity contribution in [2.45, 2.75) is 0 Å². The molecule has 22 heavy (non-hydrogen) atoms. The minimum Gasteiger partial charge on any atom is -0.256 e. The topological polar surface area (TPSA) is 43.6 Å². The molecule has 0 aliphatic heterocycles. The SMILES string of the molecule is Clc1cccc(-c2cc(-n3cncn3)cc3cccnc23)c1. The van der Waals surface area contributed by atoms with Gasteiger partial charge in [-0.05, 0) is 35.9 Å². The molecule has 2 aromatic carbocycles. The second-order valence-corrected chi connectivity index (χ2v) is 5.36. The Balaban J connectivity index is 2.03. The first-order chi connectivity index (χ1) is 10.8. The fraction of sp³-hybridized carbons (Fsp3) is 0. The van der Waals surface area contributed by atoms with Crippen molar-refractivity contribution < 1.29 is 0 Å². The number of halogens is 1. The van der Waals surface area contributed by atoms with Gasteiger partial charge < -0.3 is 0 Å². The first-order valence-electron chi connectivity index (χ1n) is 6.81. The summed E-state index contributed by atoms with van der Waals surface area (Å²) in [5, 5.41) is 5.95. The smallest absolute Gasteiger partial charge is 0.138 e. The van der Waals surface area contributed by atoms with E-state index in [4.69, 9.17) is 11.6 Å². The molecule has 0 saturated heterocycles. The van der Waals surface area contributed by atoms with Crippen LogP contribution < -0.4 is 0 Å². The molecule has 0 amide bonds. The number of hydrogen-bond acceptors (Lipinski definition) is 3. The first kappa shape index (κ1) is 13.0. The normalized spacial score (nSPS) is 11.0. The van der Waals surface area contributed by atoms with Gasteiger partial charge in [-0.1, -0.05) is 29.8 Å². The molecule has 0 aliphatic carbocycles. The van der Waals surface area contributed by atoms with E-state index in [1.54, 1.807) is 17.2 Å². The lowest BCUT2D eigenvalue weighted by Crippen LogP contribution is -1.96. The zero-order valence-corrected chi connectivity index (χ0v) is 12.3. The Bertz CT molecular complexity index is 948. The maximum Gasteiger partial charge on any atom is 0.138 e. The number of hydrogen-bond donors (Lipinski definition) is 0. The van der Waals surface area contributed by atoms with Crippen LogP contribution in [0.2, 0.25) is 5.02 Å². The Morgan fingerprint density at radius 2 is 1.95 bits per heavy atom. The molecule has 4 nitrogen and oxygen atoms in total. The van der Waals surface area contributed by atoms with Crippen LogP contribution in [0.3, 0.4) is 0 Å². The highest BCUT2D eigenvalue weighted by Gasteiger charge is 2.09. The largest absolute Gasteiger partial charge is 0.256 e. The molecule has 5 heteroatoms. The van der Waals surface area contributed by atoms with Crippen LogP contribution in [-0.2, 0) is 0 Å². The van der Waals surface area contributed by atoms with Crippen molar-refractivity contribution in [3.8, 4) is 16.8 Å². The highest BCUT2D eigenvalue weighted by molar-refractivity contribution is 6.30. The summed E-state index contributed by atoms with van der Waals surface area (Å²) in [5.41, 5.74) is 3.92. The molecule has 0 fully saturated rings. The summed E-state index contributed by atoms with van der Waals surface area (Å²) < 4.78 is 1.74. The van der Waals surface area contributed by atoms with E-state index in [1.165, 1.54) is 6.33 Å². The highest BCUT2D eigenvalue weighted by Crippen LogP contribution is 2.31. The fourth-order valence-electron chi connectivity index (χ4n) is 2.53. The van der Waals surface area contributed by atoms with Crippen molar-refractivity contribution >= 4 is 22.5 Å². The molecule has 106 valence electrons. The van der Waals surface area contributed by atoms with Crippen LogP contribution in [0.4, 0.5) is 0 Å². The van der Waals surface area contributed by atoms with Gasteiger partial charge in [0, 0.05) is 22.2 Å². The van der Waals surface area contributed by atoms with Crippen molar-refractivity contribution in [2.75, 3.05) is 0 Å². The summed E-state index contributed by atoms with van der Waals surface area (Å²) in [7, 11) is 0. The van der Waals surface area contributed by atoms with E-state index in [0.717, 1.165) is 27.7 Å². The molecule has 4 rings (SSSR count). The summed E-state index contributed by atoms with van der Waals surface area (Å²) in [6.07, 6.45) is 5.00. The van der Waals surface area contributed by atoms with Crippen molar-refractivity contribution in [1.82, 2.24) is 19.7 Å². The summed E-state index contributed by atoms with van der Waals surface area (Å²) in [5.74, 6) is 0. The molecule has 0 N–H and O–H groups in total. The summed E-state index contributed by atoms with van der Waals surface area (Å²) in [6.45, 7) is 0. The Kier molecular flexibility index (Phi) is 3.09. The number of benzene rings is 2. The Hall–Kier alpha value is -2.72. The summed E-state index contributed by atoms with van der Waals surface area (Å²) >= 11 is 6.14. The van der Waals surface area contributed by atoms with E-state index in [0.29, 0.717) is 5.02 Å². The lowest BCUT2D eigenvalue weighted by molar-refractivity contribution is 0.880. The second kappa shape index (κ2) is 5.24. The average Bonchev–Trinajstić information content (AvgIpc) is 3.08. The molecule has 2 heterocycles. The molecule has 0 saturated carbocycles. The van der Waals surface area contributed by atoms with Gasteiger partial charge in [0.2, 0.25) is 0 Å². The predicted octanol–water partition coefficient (Wildman–Crippen LogP) is 4.14. The monoisotopic (exact) mass is 306 g/mol. The lowest BCUT2D eigenvalue weighted by atomic mass is 10.0. The van der Waals surface area contributed by atoms with Gasteiger partial charge in [-0.25, -0.2) is 9.67 Å². The summed E-state index contributed by atoms with van der Waals surface area (Å²) in [4.78, 5) is 8.53. The van der Waals surface area contributed by atoms with Crippen molar-refractivity contribution in [3.63, 3.8) is 0 Å². The zero-order valence-electron chi connectivity index (χ0n) is 11.5. The molecular formula is C17H11ClN4. The Morgan fingerprint density at radius 3 is 2.77 bits per heavy atom. The average molecular weight is 307 g/mol. The van der Waals surface area contributed by atoms with Gasteiger partial charge in [0.1, 0.15) is 12.7 Å². The quantitative estimate of drug-likeness (QED) is 0.559. The van der Waals surface area contributed by atoms with Crippen LogP contribution in [0.5, 0.6) is 0 Å². The van der Waals surface area contributed by atoms with Gasteiger partial charge in [0.05, 0.1) is 11.2 Å². The van der Waals surface area contributed by atoms with Crippen LogP contribution in [0.1, 0.15) is 0 Å². The summed E-state index contributed by atoms with van der Waals surface area (Å²) in [6, 6.07) is 15.8. The van der Waals surface area contributed by atoms with E-state index in [-0.39, 0.29) is 0 Å². The van der Waals surface area contributed by atoms with E-state index in [2.05, 4.69) is 21.1 Å². The van der Waals surface area contributed by atoms with Crippen molar-refractivity contribution in [3.05, 3.63) is 72.4 Å². The molecule has 2 aromatic heterocycles. The second-order valence-electron chi connectivity index (χ2n) is 4.92. The number of fused-ring (bicyclic) bond motifs is 1. The molecular weight excluding hydrogens is 296 g/mol. The first-order valence-corrected chi connectivity index (χ1v) is 7.19. The van der Waals surface area contributed by atoms with Crippen molar-refractivity contribution in [2.24, 2.45) is 0 Å². The maximum atomic E-state index is 6.14. The molecule has 0 spiro atoms. The van der Waals surface area contributed by atoms with Gasteiger partial charge >= 0.3 is 0 Å². The Morgan fingerprint density at radius 1 is 1.00 bits per heavy atom. The molecule has 4 aromatic rings. The van der Waals surface area contributed by atoms with Crippen LogP contribution in [0.25, 0.3) is 27.7 Å². The lowest BCUT2D eigenvalue weighted by Gasteiger charge is -2.10. The van der Waals surface area contributed by atoms with E-state index < -0.39 is 0 Å². The molecule has 0 atom stereocenters.